The number of anilines is 1. The highest BCUT2D eigenvalue weighted by Crippen LogP contribution is 2.27. The van der Waals surface area contributed by atoms with Crippen LogP contribution in [0.1, 0.15) is 54.7 Å². The molecule has 5 rings (SSSR count). The highest BCUT2D eigenvalue weighted by molar-refractivity contribution is 7.13. The molecule has 1 saturated carbocycles. The molecular formula is C20H17N5O3S2. The SMILES string of the molecule is O=C(NCc1nc(CN2C(=O)c3ccccc3C2=O)cs1)c1csc(NC2CC2)n1. The number of carbonyl (C=O) groups excluding carboxylic acids is 3. The summed E-state index contributed by atoms with van der Waals surface area (Å²) in [4.78, 5) is 47.2. The second-order valence-corrected chi connectivity index (χ2v) is 8.91. The molecule has 0 saturated heterocycles. The van der Waals surface area contributed by atoms with Crippen molar-refractivity contribution in [3.8, 4) is 0 Å². The van der Waals surface area contributed by atoms with Crippen molar-refractivity contribution in [3.63, 3.8) is 0 Å². The van der Waals surface area contributed by atoms with E-state index in [1.165, 1.54) is 27.6 Å². The Morgan fingerprint density at radius 2 is 1.80 bits per heavy atom. The van der Waals surface area contributed by atoms with Gasteiger partial charge in [-0.15, -0.1) is 22.7 Å². The Kier molecular flexibility index (Phi) is 4.80. The van der Waals surface area contributed by atoms with Crippen LogP contribution in [0.15, 0.2) is 35.0 Å². The van der Waals surface area contributed by atoms with Crippen LogP contribution in [-0.2, 0) is 13.1 Å². The Balaban J connectivity index is 1.18. The fourth-order valence-electron chi connectivity index (χ4n) is 3.14. The van der Waals surface area contributed by atoms with Crippen LogP contribution in [-0.4, -0.2) is 38.6 Å². The van der Waals surface area contributed by atoms with Crippen molar-refractivity contribution >= 4 is 45.5 Å². The summed E-state index contributed by atoms with van der Waals surface area (Å²) in [5.74, 6) is -0.873. The van der Waals surface area contributed by atoms with E-state index in [1.54, 1.807) is 35.0 Å². The third kappa shape index (κ3) is 3.71. The minimum atomic E-state index is -0.308. The molecule has 1 aromatic carbocycles. The number of imide groups is 1. The number of hydrogen-bond donors (Lipinski definition) is 2. The molecule has 1 aliphatic heterocycles. The molecule has 3 heterocycles. The minimum absolute atomic E-state index is 0.110. The monoisotopic (exact) mass is 439 g/mol. The van der Waals surface area contributed by atoms with E-state index >= 15 is 0 Å². The molecule has 1 fully saturated rings. The summed E-state index contributed by atoms with van der Waals surface area (Å²) >= 11 is 2.79. The maximum absolute atomic E-state index is 12.5. The minimum Gasteiger partial charge on any atom is -0.359 e. The molecule has 0 radical (unpaired) electrons. The normalized spacial score (nSPS) is 15.4. The van der Waals surface area contributed by atoms with E-state index in [2.05, 4.69) is 20.6 Å². The number of hydrogen-bond acceptors (Lipinski definition) is 8. The Labute approximate surface area is 180 Å². The summed E-state index contributed by atoms with van der Waals surface area (Å²) in [6.45, 7) is 0.369. The summed E-state index contributed by atoms with van der Waals surface area (Å²) in [6, 6.07) is 7.28. The number of rotatable bonds is 7. The summed E-state index contributed by atoms with van der Waals surface area (Å²) in [6.07, 6.45) is 2.29. The molecule has 3 aromatic rings. The van der Waals surface area contributed by atoms with Gasteiger partial charge in [-0.05, 0) is 25.0 Å². The highest BCUT2D eigenvalue weighted by atomic mass is 32.1. The van der Waals surface area contributed by atoms with Crippen LogP contribution in [0.3, 0.4) is 0 Å². The molecule has 1 aliphatic carbocycles. The first kappa shape index (κ1) is 18.9. The number of nitrogens with one attached hydrogen (secondary N) is 2. The number of aromatic nitrogens is 2. The standard InChI is InChI=1S/C20H17N5O3S2/c26-17(15-10-30-20(24-15)23-11-5-6-11)21-7-16-22-12(9-29-16)8-25-18(27)13-3-1-2-4-14(13)19(25)28/h1-4,9-11H,5-8H2,(H,21,26)(H,23,24). The van der Waals surface area contributed by atoms with Crippen LogP contribution in [0.25, 0.3) is 0 Å². The number of carbonyl (C=O) groups is 3. The Morgan fingerprint density at radius 1 is 1.07 bits per heavy atom. The van der Waals surface area contributed by atoms with E-state index in [-0.39, 0.29) is 30.8 Å². The zero-order chi connectivity index (χ0) is 20.7. The number of nitrogens with zero attached hydrogens (tertiary/aromatic N) is 3. The predicted octanol–water partition coefficient (Wildman–Crippen LogP) is 2.90. The maximum Gasteiger partial charge on any atom is 0.271 e. The topological polar surface area (TPSA) is 104 Å². The average Bonchev–Trinajstić information content (AvgIpc) is 3.17. The van der Waals surface area contributed by atoms with Crippen LogP contribution in [0.5, 0.6) is 0 Å². The third-order valence-electron chi connectivity index (χ3n) is 4.84. The molecule has 10 heteroatoms. The van der Waals surface area contributed by atoms with Crippen molar-refractivity contribution in [3.05, 3.63) is 62.5 Å². The van der Waals surface area contributed by atoms with Gasteiger partial charge >= 0.3 is 0 Å². The molecule has 30 heavy (non-hydrogen) atoms. The van der Waals surface area contributed by atoms with Gasteiger partial charge in [0.1, 0.15) is 10.7 Å². The molecule has 2 N–H and O–H groups in total. The Bertz CT molecular complexity index is 1120. The van der Waals surface area contributed by atoms with Gasteiger partial charge in [-0.3, -0.25) is 19.3 Å². The van der Waals surface area contributed by atoms with Crippen LogP contribution in [0.4, 0.5) is 5.13 Å². The van der Waals surface area contributed by atoms with E-state index < -0.39 is 0 Å². The number of fused-ring (bicyclic) bond motifs is 1. The van der Waals surface area contributed by atoms with Crippen LogP contribution in [0.2, 0.25) is 0 Å². The molecule has 2 aromatic heterocycles. The van der Waals surface area contributed by atoms with E-state index in [0.717, 1.165) is 18.0 Å². The first-order chi connectivity index (χ1) is 14.6. The van der Waals surface area contributed by atoms with Crippen molar-refractivity contribution in [1.29, 1.82) is 0 Å². The summed E-state index contributed by atoms with van der Waals surface area (Å²) in [7, 11) is 0. The van der Waals surface area contributed by atoms with Gasteiger partial charge in [-0.2, -0.15) is 0 Å². The lowest BCUT2D eigenvalue weighted by Gasteiger charge is -2.11. The maximum atomic E-state index is 12.5. The van der Waals surface area contributed by atoms with Crippen molar-refractivity contribution in [2.24, 2.45) is 0 Å². The van der Waals surface area contributed by atoms with Gasteiger partial charge in [-0.1, -0.05) is 12.1 Å². The van der Waals surface area contributed by atoms with Crippen molar-refractivity contribution in [2.45, 2.75) is 32.0 Å². The summed E-state index contributed by atoms with van der Waals surface area (Å²) in [5, 5.41) is 11.1. The largest absolute Gasteiger partial charge is 0.359 e. The molecule has 0 unspecified atom stereocenters. The smallest absolute Gasteiger partial charge is 0.271 e. The summed E-state index contributed by atoms with van der Waals surface area (Å²) in [5.41, 5.74) is 1.84. The Hall–Kier alpha value is -3.11. The van der Waals surface area contributed by atoms with Crippen LogP contribution >= 0.6 is 22.7 Å². The molecule has 8 nitrogen and oxygen atoms in total. The molecule has 0 atom stereocenters. The van der Waals surface area contributed by atoms with E-state index in [4.69, 9.17) is 0 Å². The molecular weight excluding hydrogens is 422 g/mol. The molecule has 0 spiro atoms. The highest BCUT2D eigenvalue weighted by Gasteiger charge is 2.35. The number of amides is 3. The zero-order valence-electron chi connectivity index (χ0n) is 15.8. The van der Waals surface area contributed by atoms with E-state index in [0.29, 0.717) is 33.6 Å². The van der Waals surface area contributed by atoms with Gasteiger partial charge in [0.2, 0.25) is 0 Å². The molecule has 3 amide bonds. The molecule has 0 bridgehead atoms. The van der Waals surface area contributed by atoms with Crippen LogP contribution in [0, 0.1) is 0 Å². The predicted molar refractivity (Wildman–Crippen MR) is 113 cm³/mol. The summed E-state index contributed by atoms with van der Waals surface area (Å²) < 4.78 is 0. The van der Waals surface area contributed by atoms with E-state index in [1.807, 2.05) is 0 Å². The second-order valence-electron chi connectivity index (χ2n) is 7.11. The van der Waals surface area contributed by atoms with Crippen LogP contribution < -0.4 is 10.6 Å². The van der Waals surface area contributed by atoms with Crippen molar-refractivity contribution < 1.29 is 14.4 Å². The lowest BCUT2D eigenvalue weighted by atomic mass is 10.1. The third-order valence-corrected chi connectivity index (χ3v) is 6.51. The second kappa shape index (κ2) is 7.62. The quantitative estimate of drug-likeness (QED) is 0.549. The lowest BCUT2D eigenvalue weighted by Crippen LogP contribution is -2.29. The Morgan fingerprint density at radius 3 is 2.50 bits per heavy atom. The molecule has 152 valence electrons. The fourth-order valence-corrected chi connectivity index (χ4v) is 4.63. The number of benzene rings is 1. The first-order valence-corrected chi connectivity index (χ1v) is 11.2. The van der Waals surface area contributed by atoms with Gasteiger partial charge < -0.3 is 10.6 Å². The van der Waals surface area contributed by atoms with Crippen molar-refractivity contribution in [2.75, 3.05) is 5.32 Å². The average molecular weight is 440 g/mol. The number of thiazole rings is 2. The van der Waals surface area contributed by atoms with Gasteiger partial charge in [0.15, 0.2) is 5.13 Å². The zero-order valence-corrected chi connectivity index (χ0v) is 17.4. The van der Waals surface area contributed by atoms with Gasteiger partial charge in [0, 0.05) is 16.8 Å². The van der Waals surface area contributed by atoms with Gasteiger partial charge in [0.25, 0.3) is 17.7 Å². The van der Waals surface area contributed by atoms with E-state index in [9.17, 15) is 14.4 Å². The molecule has 2 aliphatic rings. The fraction of sp³-hybridized carbons (Fsp3) is 0.250. The first-order valence-electron chi connectivity index (χ1n) is 9.47. The van der Waals surface area contributed by atoms with Gasteiger partial charge in [-0.25, -0.2) is 9.97 Å². The lowest BCUT2D eigenvalue weighted by molar-refractivity contribution is 0.0640. The van der Waals surface area contributed by atoms with Gasteiger partial charge in [0.05, 0.1) is 29.9 Å². The van der Waals surface area contributed by atoms with Crippen molar-refractivity contribution in [1.82, 2.24) is 20.2 Å².